The average molecular weight is 799 g/mol. The predicted molar refractivity (Wildman–Crippen MR) is 266 cm³/mol. The number of allylic oxidation sites excluding steroid dienone is 12. The monoisotopic (exact) mass is 798 g/mol. The standard InChI is InChI=1S/C59H62N2/c1-8-10-11-15-23-50(60(7)57-25-18-16-22-46(57)9-2)33-28-42(4)41(3)27-29-44(6)61-58-26-19-17-24-53(58)56-40-48(32-36-59(56)61)47-30-35-52-54(38-45-20-13-12-14-21-45)49-31-34-51(43(5)37-49)55(52)39-47/h12-27,29-36,39-40,49,54H,4,8-11,28,37-38H2,1-3,5-7H3/b23-15-,41-27-,44-29+,50-33+. The van der Waals surface area contributed by atoms with E-state index in [0.29, 0.717) is 11.8 Å². The van der Waals surface area contributed by atoms with Gasteiger partial charge in [0.2, 0.25) is 0 Å². The average Bonchev–Trinajstić information content (AvgIpc) is 3.49. The first-order valence-electron chi connectivity index (χ1n) is 22.6. The first kappa shape index (κ1) is 41.6. The maximum atomic E-state index is 4.55. The molecule has 0 aliphatic heterocycles. The van der Waals surface area contributed by atoms with Gasteiger partial charge in [-0.3, -0.25) is 0 Å². The smallest absolute Gasteiger partial charge is 0.0538 e. The Morgan fingerprint density at radius 3 is 2.36 bits per heavy atom. The lowest BCUT2D eigenvalue weighted by Crippen LogP contribution is -2.16. The maximum Gasteiger partial charge on any atom is 0.0538 e. The third-order valence-electron chi connectivity index (χ3n) is 13.3. The molecule has 6 aromatic rings. The molecule has 5 aromatic carbocycles. The Morgan fingerprint density at radius 1 is 0.820 bits per heavy atom. The molecule has 3 aliphatic carbocycles. The van der Waals surface area contributed by atoms with Gasteiger partial charge in [-0.15, -0.1) is 0 Å². The summed E-state index contributed by atoms with van der Waals surface area (Å²) in [6.45, 7) is 15.8. The summed E-state index contributed by atoms with van der Waals surface area (Å²) in [5.41, 5.74) is 19.5. The number of hydrogen-bond acceptors (Lipinski definition) is 1. The Kier molecular flexibility index (Phi) is 12.7. The molecular weight excluding hydrogens is 737 g/mol. The molecule has 2 atom stereocenters. The molecule has 0 amide bonds. The molecule has 2 nitrogen and oxygen atoms in total. The van der Waals surface area contributed by atoms with E-state index in [0.717, 1.165) is 37.7 Å². The number of aryl methyl sites for hydroxylation is 1. The van der Waals surface area contributed by atoms with Crippen molar-refractivity contribution in [3.63, 3.8) is 0 Å². The van der Waals surface area contributed by atoms with Crippen molar-refractivity contribution < 1.29 is 0 Å². The lowest BCUT2D eigenvalue weighted by molar-refractivity contribution is 0.502. The van der Waals surface area contributed by atoms with Crippen molar-refractivity contribution in [3.8, 4) is 11.1 Å². The van der Waals surface area contributed by atoms with Crippen LogP contribution in [0, 0.1) is 5.92 Å². The molecule has 0 saturated heterocycles. The fraction of sp³-hybridized carbons (Fsp3) is 0.254. The molecule has 61 heavy (non-hydrogen) atoms. The highest BCUT2D eigenvalue weighted by molar-refractivity contribution is 6.11. The molecule has 2 bridgehead atoms. The molecule has 2 unspecified atom stereocenters. The van der Waals surface area contributed by atoms with Gasteiger partial charge < -0.3 is 9.47 Å². The second kappa shape index (κ2) is 18.7. The Morgan fingerprint density at radius 2 is 1.56 bits per heavy atom. The summed E-state index contributed by atoms with van der Waals surface area (Å²) in [6, 6.07) is 42.9. The number of anilines is 1. The minimum absolute atomic E-state index is 0.463. The molecule has 2 heteroatoms. The van der Waals surface area contributed by atoms with E-state index in [1.165, 1.54) is 102 Å². The molecular formula is C59H62N2. The topological polar surface area (TPSA) is 8.17 Å². The number of nitrogens with zero attached hydrogens (tertiary/aromatic N) is 2. The highest BCUT2D eigenvalue weighted by atomic mass is 15.1. The van der Waals surface area contributed by atoms with Gasteiger partial charge in [0.05, 0.1) is 11.0 Å². The lowest BCUT2D eigenvalue weighted by atomic mass is 9.79. The molecule has 0 saturated carbocycles. The highest BCUT2D eigenvalue weighted by Gasteiger charge is 2.32. The van der Waals surface area contributed by atoms with Gasteiger partial charge in [-0.25, -0.2) is 0 Å². The fourth-order valence-electron chi connectivity index (χ4n) is 9.62. The fourth-order valence-corrected chi connectivity index (χ4v) is 9.62. The summed E-state index contributed by atoms with van der Waals surface area (Å²) < 4.78 is 2.42. The zero-order valence-corrected chi connectivity index (χ0v) is 37.2. The third kappa shape index (κ3) is 8.73. The molecule has 0 radical (unpaired) electrons. The zero-order chi connectivity index (χ0) is 42.5. The number of aromatic nitrogens is 1. The molecule has 1 heterocycles. The number of para-hydroxylation sites is 2. The van der Waals surface area contributed by atoms with Gasteiger partial charge in [-0.1, -0.05) is 154 Å². The van der Waals surface area contributed by atoms with Crippen molar-refractivity contribution in [1.29, 1.82) is 0 Å². The van der Waals surface area contributed by atoms with E-state index in [1.807, 2.05) is 0 Å². The van der Waals surface area contributed by atoms with Crippen LogP contribution in [0.3, 0.4) is 0 Å². The van der Waals surface area contributed by atoms with Gasteiger partial charge in [0.15, 0.2) is 0 Å². The van der Waals surface area contributed by atoms with E-state index in [-0.39, 0.29) is 0 Å². The van der Waals surface area contributed by atoms with Gasteiger partial charge in [-0.05, 0) is 157 Å². The number of unbranched alkanes of at least 4 members (excludes halogenated alkanes) is 2. The normalized spacial score (nSPS) is 16.9. The summed E-state index contributed by atoms with van der Waals surface area (Å²) in [5, 5.41) is 2.55. The summed E-state index contributed by atoms with van der Waals surface area (Å²) in [4.78, 5) is 2.33. The van der Waals surface area contributed by atoms with Crippen LogP contribution in [0.2, 0.25) is 0 Å². The number of benzene rings is 5. The summed E-state index contributed by atoms with van der Waals surface area (Å²) >= 11 is 0. The van der Waals surface area contributed by atoms with Crippen molar-refractivity contribution in [2.75, 3.05) is 11.9 Å². The van der Waals surface area contributed by atoms with E-state index >= 15 is 0 Å². The number of fused-ring (bicyclic) bond motifs is 4. The molecule has 0 N–H and O–H groups in total. The van der Waals surface area contributed by atoms with Gasteiger partial charge in [-0.2, -0.15) is 0 Å². The Balaban J connectivity index is 1.08. The van der Waals surface area contributed by atoms with Gasteiger partial charge in [0.1, 0.15) is 0 Å². The van der Waals surface area contributed by atoms with Crippen LogP contribution in [0.1, 0.15) is 94.9 Å². The van der Waals surface area contributed by atoms with Crippen molar-refractivity contribution in [3.05, 3.63) is 209 Å². The van der Waals surface area contributed by atoms with Gasteiger partial charge >= 0.3 is 0 Å². The van der Waals surface area contributed by atoms with E-state index in [2.05, 4.69) is 216 Å². The van der Waals surface area contributed by atoms with Crippen molar-refractivity contribution in [2.45, 2.75) is 85.5 Å². The quantitative estimate of drug-likeness (QED) is 0.0742. The second-order valence-electron chi connectivity index (χ2n) is 17.3. The molecule has 9 rings (SSSR count). The Bertz CT molecular complexity index is 2760. The third-order valence-corrected chi connectivity index (χ3v) is 13.3. The second-order valence-corrected chi connectivity index (χ2v) is 17.3. The lowest BCUT2D eigenvalue weighted by Gasteiger charge is -2.25. The van der Waals surface area contributed by atoms with E-state index in [1.54, 1.807) is 0 Å². The van der Waals surface area contributed by atoms with E-state index in [9.17, 15) is 0 Å². The zero-order valence-electron chi connectivity index (χ0n) is 37.2. The summed E-state index contributed by atoms with van der Waals surface area (Å²) in [6.07, 6.45) is 23.8. The van der Waals surface area contributed by atoms with Crippen LogP contribution in [-0.4, -0.2) is 11.6 Å². The molecule has 0 spiro atoms. The molecule has 1 aromatic heterocycles. The Hall–Kier alpha value is -6.12. The number of rotatable bonds is 15. The van der Waals surface area contributed by atoms with E-state index < -0.39 is 0 Å². The first-order valence-corrected chi connectivity index (χ1v) is 22.6. The largest absolute Gasteiger partial charge is 0.345 e. The summed E-state index contributed by atoms with van der Waals surface area (Å²) in [7, 11) is 2.19. The van der Waals surface area contributed by atoms with Crippen molar-refractivity contribution in [1.82, 2.24) is 4.57 Å². The van der Waals surface area contributed by atoms with Crippen LogP contribution in [0.25, 0.3) is 44.2 Å². The maximum absolute atomic E-state index is 4.55. The molecule has 0 fully saturated rings. The highest BCUT2D eigenvalue weighted by Crippen LogP contribution is 2.47. The van der Waals surface area contributed by atoms with E-state index in [4.69, 9.17) is 0 Å². The first-order chi connectivity index (χ1) is 29.7. The molecule has 3 aliphatic rings. The summed E-state index contributed by atoms with van der Waals surface area (Å²) in [5.74, 6) is 0.990. The van der Waals surface area contributed by atoms with Crippen molar-refractivity contribution >= 4 is 38.8 Å². The number of hydrogen-bond donors (Lipinski definition) is 0. The minimum atomic E-state index is 0.463. The van der Waals surface area contributed by atoms with Crippen LogP contribution in [0.15, 0.2) is 187 Å². The SMILES string of the molecule is C=C(C/C=C(\C=C/CCCC)N(C)c1ccccc1CC)/C(C)=C\C=C(/C)n1c2ccccc2c2cc(-c3ccc4c(c3)C3=C(C)CC(C=C3)C4Cc3ccccc3)ccc21. The Labute approximate surface area is 365 Å². The van der Waals surface area contributed by atoms with Gasteiger partial charge in [0.25, 0.3) is 0 Å². The number of likely N-dealkylation sites (N-methyl/N-ethyl adjacent to an activating group) is 1. The van der Waals surface area contributed by atoms with Crippen LogP contribution < -0.4 is 4.90 Å². The van der Waals surface area contributed by atoms with Crippen LogP contribution in [0.5, 0.6) is 0 Å². The van der Waals surface area contributed by atoms with Crippen LogP contribution >= 0.6 is 0 Å². The van der Waals surface area contributed by atoms with Crippen molar-refractivity contribution in [2.24, 2.45) is 5.92 Å². The van der Waals surface area contributed by atoms with Gasteiger partial charge in [0, 0.05) is 34.9 Å². The van der Waals surface area contributed by atoms with Crippen LogP contribution in [0.4, 0.5) is 5.69 Å². The molecule has 308 valence electrons. The minimum Gasteiger partial charge on any atom is -0.345 e. The van der Waals surface area contributed by atoms with Crippen LogP contribution in [-0.2, 0) is 12.8 Å². The predicted octanol–water partition coefficient (Wildman–Crippen LogP) is 16.2.